The van der Waals surface area contributed by atoms with Gasteiger partial charge in [-0.1, -0.05) is 12.8 Å². The van der Waals surface area contributed by atoms with Crippen molar-refractivity contribution in [3.05, 3.63) is 40.3 Å². The molecule has 1 N–H and O–H groups in total. The summed E-state index contributed by atoms with van der Waals surface area (Å²) in [6.07, 6.45) is 8.98. The number of pyridine rings is 1. The first-order valence-electron chi connectivity index (χ1n) is 9.23. The number of aromatic nitrogens is 3. The maximum Gasteiger partial charge on any atom is 0.186 e. The molecule has 1 spiro atoms. The minimum absolute atomic E-state index is 0.116. The van der Waals surface area contributed by atoms with Crippen LogP contribution >= 0.6 is 0 Å². The molecule has 134 valence electrons. The van der Waals surface area contributed by atoms with Crippen LogP contribution in [0.5, 0.6) is 0 Å². The fraction of sp³-hybridized carbons (Fsp3) is 0.579. The van der Waals surface area contributed by atoms with Crippen LogP contribution in [0.3, 0.4) is 0 Å². The largest absolute Gasteiger partial charge is 0.349 e. The lowest BCUT2D eigenvalue weighted by atomic mass is 9.92. The fourth-order valence-electron chi connectivity index (χ4n) is 4.47. The number of hydrogen-bond acceptors (Lipinski definition) is 4. The molecule has 4 rings (SSSR count). The second-order valence-electron chi connectivity index (χ2n) is 7.56. The average molecular weight is 341 g/mol. The third kappa shape index (κ3) is 3.04. The molecule has 2 aromatic rings. The molecule has 0 amide bonds. The van der Waals surface area contributed by atoms with E-state index in [9.17, 15) is 4.79 Å². The maximum atomic E-state index is 12.8. The molecule has 1 saturated carbocycles. The Kier molecular flexibility index (Phi) is 4.25. The predicted molar refractivity (Wildman–Crippen MR) is 98.4 cm³/mol. The first-order chi connectivity index (χ1) is 12.1. The van der Waals surface area contributed by atoms with Gasteiger partial charge in [0.1, 0.15) is 5.69 Å². The van der Waals surface area contributed by atoms with Crippen LogP contribution in [0.1, 0.15) is 31.2 Å². The van der Waals surface area contributed by atoms with Crippen molar-refractivity contribution in [3.63, 3.8) is 0 Å². The minimum atomic E-state index is 0.116. The number of piperazine rings is 1. The summed E-state index contributed by atoms with van der Waals surface area (Å²) in [7, 11) is 3.89. The minimum Gasteiger partial charge on any atom is -0.349 e. The molecule has 1 aliphatic heterocycles. The van der Waals surface area contributed by atoms with Crippen molar-refractivity contribution in [3.8, 4) is 11.4 Å². The van der Waals surface area contributed by atoms with Crippen molar-refractivity contribution in [2.45, 2.75) is 37.8 Å². The molecule has 0 aromatic carbocycles. The molecule has 0 unspecified atom stereocenters. The van der Waals surface area contributed by atoms with E-state index < -0.39 is 0 Å². The standard InChI is InChI=1S/C19H27N5O/c1-22-12-15(18(25)11-17(22)16-5-9-23(2)21-16)13-24-10-8-20-14-19(24)6-3-4-7-19/h5,9,11-12,20H,3-4,6-8,10,13-14H2,1-2H3. The van der Waals surface area contributed by atoms with E-state index >= 15 is 0 Å². The summed E-state index contributed by atoms with van der Waals surface area (Å²) in [6.45, 7) is 3.83. The van der Waals surface area contributed by atoms with Gasteiger partial charge in [0, 0.05) is 69.8 Å². The molecular formula is C19H27N5O. The molecular weight excluding hydrogens is 314 g/mol. The van der Waals surface area contributed by atoms with E-state index in [4.69, 9.17) is 0 Å². The highest BCUT2D eigenvalue weighted by molar-refractivity contribution is 5.54. The van der Waals surface area contributed by atoms with E-state index in [-0.39, 0.29) is 11.0 Å². The fourth-order valence-corrected chi connectivity index (χ4v) is 4.47. The summed E-state index contributed by atoms with van der Waals surface area (Å²) in [5, 5.41) is 7.98. The van der Waals surface area contributed by atoms with E-state index in [1.54, 1.807) is 10.7 Å². The van der Waals surface area contributed by atoms with Crippen LogP contribution in [0.2, 0.25) is 0 Å². The molecule has 3 heterocycles. The molecule has 0 atom stereocenters. The Bertz CT molecular complexity index is 815. The molecule has 0 radical (unpaired) electrons. The van der Waals surface area contributed by atoms with Gasteiger partial charge in [0.2, 0.25) is 0 Å². The quantitative estimate of drug-likeness (QED) is 0.919. The maximum absolute atomic E-state index is 12.8. The first-order valence-corrected chi connectivity index (χ1v) is 9.23. The Morgan fingerprint density at radius 1 is 1.28 bits per heavy atom. The van der Waals surface area contributed by atoms with Crippen molar-refractivity contribution in [2.75, 3.05) is 19.6 Å². The monoisotopic (exact) mass is 341 g/mol. The van der Waals surface area contributed by atoms with E-state index in [0.717, 1.165) is 43.1 Å². The predicted octanol–water partition coefficient (Wildman–Crippen LogP) is 1.50. The third-order valence-electron chi connectivity index (χ3n) is 5.87. The van der Waals surface area contributed by atoms with Crippen molar-refractivity contribution >= 4 is 0 Å². The molecule has 1 aliphatic carbocycles. The number of rotatable bonds is 3. The topological polar surface area (TPSA) is 55.1 Å². The van der Waals surface area contributed by atoms with Crippen molar-refractivity contribution in [1.82, 2.24) is 24.6 Å². The highest BCUT2D eigenvalue weighted by atomic mass is 16.1. The summed E-state index contributed by atoms with van der Waals surface area (Å²) in [6, 6.07) is 3.68. The molecule has 2 aromatic heterocycles. The summed E-state index contributed by atoms with van der Waals surface area (Å²) < 4.78 is 3.79. The van der Waals surface area contributed by atoms with Crippen LogP contribution in [0, 0.1) is 0 Å². The summed E-state index contributed by atoms with van der Waals surface area (Å²) >= 11 is 0. The highest BCUT2D eigenvalue weighted by Gasteiger charge is 2.41. The Morgan fingerprint density at radius 3 is 2.80 bits per heavy atom. The average Bonchev–Trinajstić information content (AvgIpc) is 3.23. The van der Waals surface area contributed by atoms with Crippen LogP contribution in [-0.4, -0.2) is 44.4 Å². The van der Waals surface area contributed by atoms with Gasteiger partial charge in [0.25, 0.3) is 0 Å². The van der Waals surface area contributed by atoms with Gasteiger partial charge in [-0.05, 0) is 18.9 Å². The Hall–Kier alpha value is -1.92. The summed E-state index contributed by atoms with van der Waals surface area (Å²) in [5.41, 5.74) is 2.96. The number of nitrogens with zero attached hydrogens (tertiary/aromatic N) is 4. The van der Waals surface area contributed by atoms with Gasteiger partial charge in [-0.15, -0.1) is 0 Å². The number of nitrogens with one attached hydrogen (secondary N) is 1. The Balaban J connectivity index is 1.62. The lowest BCUT2D eigenvalue weighted by Crippen LogP contribution is -2.59. The molecule has 2 fully saturated rings. The van der Waals surface area contributed by atoms with Crippen molar-refractivity contribution in [2.24, 2.45) is 14.1 Å². The highest BCUT2D eigenvalue weighted by Crippen LogP contribution is 2.36. The first kappa shape index (κ1) is 16.5. The van der Waals surface area contributed by atoms with Gasteiger partial charge in [0.05, 0.1) is 5.69 Å². The Morgan fingerprint density at radius 2 is 2.08 bits per heavy atom. The zero-order valence-corrected chi connectivity index (χ0v) is 15.2. The van der Waals surface area contributed by atoms with Crippen molar-refractivity contribution in [1.29, 1.82) is 0 Å². The molecule has 25 heavy (non-hydrogen) atoms. The van der Waals surface area contributed by atoms with Gasteiger partial charge in [-0.3, -0.25) is 14.4 Å². The third-order valence-corrected chi connectivity index (χ3v) is 5.87. The van der Waals surface area contributed by atoms with E-state index in [0.29, 0.717) is 0 Å². The van der Waals surface area contributed by atoms with Crippen molar-refractivity contribution < 1.29 is 0 Å². The molecule has 6 heteroatoms. The van der Waals surface area contributed by atoms with E-state index in [2.05, 4.69) is 15.3 Å². The zero-order valence-electron chi connectivity index (χ0n) is 15.2. The van der Waals surface area contributed by atoms with Gasteiger partial charge < -0.3 is 9.88 Å². The van der Waals surface area contributed by atoms with Gasteiger partial charge in [-0.2, -0.15) is 5.10 Å². The van der Waals surface area contributed by atoms with Crippen LogP contribution < -0.4 is 10.7 Å². The lowest BCUT2D eigenvalue weighted by molar-refractivity contribution is 0.0568. The second kappa shape index (κ2) is 6.42. The molecule has 0 bridgehead atoms. The van der Waals surface area contributed by atoms with Crippen LogP contribution in [0.25, 0.3) is 11.4 Å². The number of aryl methyl sites for hydroxylation is 2. The van der Waals surface area contributed by atoms with Gasteiger partial charge >= 0.3 is 0 Å². The lowest BCUT2D eigenvalue weighted by Gasteiger charge is -2.45. The molecule has 6 nitrogen and oxygen atoms in total. The zero-order chi connectivity index (χ0) is 17.4. The van der Waals surface area contributed by atoms with Crippen LogP contribution in [0.4, 0.5) is 0 Å². The molecule has 2 aliphatic rings. The smallest absolute Gasteiger partial charge is 0.186 e. The van der Waals surface area contributed by atoms with Crippen LogP contribution in [0.15, 0.2) is 29.3 Å². The Labute approximate surface area is 148 Å². The summed E-state index contributed by atoms with van der Waals surface area (Å²) in [4.78, 5) is 15.3. The summed E-state index contributed by atoms with van der Waals surface area (Å²) in [5.74, 6) is 0. The number of hydrogen-bond donors (Lipinski definition) is 1. The van der Waals surface area contributed by atoms with Crippen LogP contribution in [-0.2, 0) is 20.6 Å². The normalized spacial score (nSPS) is 20.4. The SMILES string of the molecule is Cn1ccc(-c2cc(=O)c(CN3CCNCC34CCCC4)cn2C)n1. The van der Waals surface area contributed by atoms with E-state index in [1.165, 1.54) is 25.7 Å². The van der Waals surface area contributed by atoms with Gasteiger partial charge in [-0.25, -0.2) is 0 Å². The van der Waals surface area contributed by atoms with Gasteiger partial charge in [0.15, 0.2) is 5.43 Å². The second-order valence-corrected chi connectivity index (χ2v) is 7.56. The molecule has 1 saturated heterocycles. The van der Waals surface area contributed by atoms with E-state index in [1.807, 2.05) is 37.1 Å².